The number of anilines is 1. The summed E-state index contributed by atoms with van der Waals surface area (Å²) in [5.74, 6) is -0.600. The third kappa shape index (κ3) is 6.11. The summed E-state index contributed by atoms with van der Waals surface area (Å²) in [6, 6.07) is 11.3. The molecule has 6 rings (SSSR count). The summed E-state index contributed by atoms with van der Waals surface area (Å²) in [5.41, 5.74) is 2.21. The summed E-state index contributed by atoms with van der Waals surface area (Å²) in [4.78, 5) is 15.8. The van der Waals surface area contributed by atoms with Crippen molar-refractivity contribution in [3.63, 3.8) is 0 Å². The molecule has 0 aromatic heterocycles. The van der Waals surface area contributed by atoms with Crippen molar-refractivity contribution in [1.29, 1.82) is 0 Å². The highest BCUT2D eigenvalue weighted by Crippen LogP contribution is 2.50. The first-order valence-corrected chi connectivity index (χ1v) is 18.2. The van der Waals surface area contributed by atoms with Crippen LogP contribution in [0.4, 0.5) is 10.1 Å². The molecular weight excluding hydrogens is 627 g/mol. The minimum Gasteiger partial charge on any atom is -0.490 e. The highest BCUT2D eigenvalue weighted by Gasteiger charge is 2.49. The van der Waals surface area contributed by atoms with Gasteiger partial charge in [-0.1, -0.05) is 43.3 Å². The van der Waals surface area contributed by atoms with Crippen LogP contribution >= 0.6 is 11.6 Å². The van der Waals surface area contributed by atoms with Gasteiger partial charge in [0.05, 0.1) is 29.0 Å². The lowest BCUT2D eigenvalue weighted by Crippen LogP contribution is -2.53. The smallest absolute Gasteiger partial charge is 0.264 e. The van der Waals surface area contributed by atoms with Gasteiger partial charge in [0.15, 0.2) is 0 Å². The van der Waals surface area contributed by atoms with Gasteiger partial charge in [0.25, 0.3) is 5.91 Å². The second kappa shape index (κ2) is 12.6. The number of carbonyl (C=O) groups excluding carboxylic acids is 1. The van der Waals surface area contributed by atoms with Crippen molar-refractivity contribution in [3.05, 3.63) is 82.7 Å². The maximum Gasteiger partial charge on any atom is 0.264 e. The average molecular weight is 671 g/mol. The molecule has 0 unspecified atom stereocenters. The molecule has 2 aromatic rings. The summed E-state index contributed by atoms with van der Waals surface area (Å²) < 4.78 is 56.4. The molecule has 1 N–H and O–H groups in total. The molecule has 2 heterocycles. The van der Waals surface area contributed by atoms with Crippen molar-refractivity contribution in [2.45, 2.75) is 75.1 Å². The Hall–Kier alpha value is -2.88. The lowest BCUT2D eigenvalue weighted by atomic mass is 9.62. The molecule has 7 nitrogen and oxygen atoms in total. The number of nitrogens with one attached hydrogen (secondary N) is 1. The second-order valence-corrected chi connectivity index (χ2v) is 16.4. The van der Waals surface area contributed by atoms with Gasteiger partial charge < -0.3 is 14.4 Å². The quantitative estimate of drug-likeness (QED) is 0.350. The Kier molecular flexibility index (Phi) is 9.06. The molecule has 2 aliphatic heterocycles. The molecule has 46 heavy (non-hydrogen) atoms. The van der Waals surface area contributed by atoms with Gasteiger partial charge in [0.1, 0.15) is 5.75 Å². The van der Waals surface area contributed by atoms with E-state index in [4.69, 9.17) is 21.1 Å². The number of benzene rings is 2. The van der Waals surface area contributed by atoms with Crippen molar-refractivity contribution in [2.75, 3.05) is 31.7 Å². The number of carbonyl (C=O) groups is 1. The molecule has 4 aliphatic rings. The highest BCUT2D eigenvalue weighted by molar-refractivity contribution is 7.90. The predicted octanol–water partition coefficient (Wildman–Crippen LogP) is 7.14. The van der Waals surface area contributed by atoms with E-state index in [1.54, 1.807) is 32.2 Å². The monoisotopic (exact) mass is 670 g/mol. The van der Waals surface area contributed by atoms with Gasteiger partial charge in [-0.25, -0.2) is 17.5 Å². The number of amides is 1. The Bertz CT molecular complexity index is 1660. The molecule has 1 saturated carbocycles. The molecular formula is C36H44ClFN2O5S. The van der Waals surface area contributed by atoms with Crippen LogP contribution in [0, 0.1) is 17.8 Å². The van der Waals surface area contributed by atoms with Gasteiger partial charge in [0, 0.05) is 42.6 Å². The summed E-state index contributed by atoms with van der Waals surface area (Å²) in [7, 11) is -2.37. The molecule has 1 amide bonds. The van der Waals surface area contributed by atoms with Gasteiger partial charge in [-0.05, 0) is 105 Å². The van der Waals surface area contributed by atoms with Crippen LogP contribution in [-0.4, -0.2) is 52.0 Å². The minimum atomic E-state index is -3.99. The van der Waals surface area contributed by atoms with Crippen molar-refractivity contribution in [3.8, 4) is 5.75 Å². The molecule has 0 radical (unpaired) electrons. The number of ether oxygens (including phenoxy) is 2. The van der Waals surface area contributed by atoms with E-state index in [1.807, 2.05) is 25.1 Å². The number of nitrogens with zero attached hydrogens (tertiary/aromatic N) is 1. The van der Waals surface area contributed by atoms with Crippen LogP contribution in [0.3, 0.4) is 0 Å². The number of hydrogen-bond donors (Lipinski definition) is 1. The Morgan fingerprint density at radius 3 is 2.74 bits per heavy atom. The van der Waals surface area contributed by atoms with Gasteiger partial charge in [0.2, 0.25) is 10.0 Å². The van der Waals surface area contributed by atoms with Crippen molar-refractivity contribution in [1.82, 2.24) is 4.72 Å². The van der Waals surface area contributed by atoms with Gasteiger partial charge in [-0.15, -0.1) is 0 Å². The zero-order valence-electron chi connectivity index (χ0n) is 26.9. The van der Waals surface area contributed by atoms with Crippen LogP contribution in [0.25, 0.3) is 0 Å². The van der Waals surface area contributed by atoms with Gasteiger partial charge in [-0.3, -0.25) is 4.79 Å². The van der Waals surface area contributed by atoms with E-state index < -0.39 is 32.6 Å². The zero-order chi connectivity index (χ0) is 32.9. The molecule has 248 valence electrons. The first kappa shape index (κ1) is 33.0. The topological polar surface area (TPSA) is 84.9 Å². The maximum absolute atomic E-state index is 14.6. The van der Waals surface area contributed by atoms with Crippen molar-refractivity contribution >= 4 is 33.2 Å². The molecule has 2 aromatic carbocycles. The highest BCUT2D eigenvalue weighted by atomic mass is 35.5. The van der Waals surface area contributed by atoms with Crippen LogP contribution in [0.1, 0.15) is 73.9 Å². The summed E-state index contributed by atoms with van der Waals surface area (Å²) in [6.45, 7) is 8.77. The van der Waals surface area contributed by atoms with Crippen molar-refractivity contribution in [2.24, 2.45) is 17.8 Å². The number of allylic oxidation sites excluding steroid dienone is 1. The molecule has 2 aliphatic carbocycles. The summed E-state index contributed by atoms with van der Waals surface area (Å²) >= 11 is 6.42. The SMILES string of the molecule is C=C(F)C[C@@]1(OC)/C=C\C[C@H](C)[C@@H](C)S(=O)(=O)NC(=O)c2ccc3c(c2)N(C[C@@H]2CC[C@H]21)C[C@@]1(CCCc2cc(Cl)ccc21)CO3. The number of methoxy groups -OCH3 is 1. The number of fused-ring (bicyclic) bond motifs is 4. The molecule has 0 saturated heterocycles. The van der Waals surface area contributed by atoms with E-state index in [0.717, 1.165) is 37.8 Å². The van der Waals surface area contributed by atoms with Gasteiger partial charge in [-0.2, -0.15) is 0 Å². The fraction of sp³-hybridized carbons (Fsp3) is 0.528. The van der Waals surface area contributed by atoms with Crippen LogP contribution < -0.4 is 14.4 Å². The van der Waals surface area contributed by atoms with Crippen LogP contribution in [0.2, 0.25) is 5.02 Å². The van der Waals surface area contributed by atoms with E-state index in [9.17, 15) is 17.6 Å². The molecule has 6 atom stereocenters. The average Bonchev–Trinajstić information content (AvgIpc) is 3.14. The normalized spacial score (nSPS) is 33.0. The molecule has 1 fully saturated rings. The number of halogens is 2. The fourth-order valence-corrected chi connectivity index (χ4v) is 9.61. The third-order valence-electron chi connectivity index (χ3n) is 11.1. The Balaban J connectivity index is 1.47. The van der Waals surface area contributed by atoms with Gasteiger partial charge >= 0.3 is 0 Å². The van der Waals surface area contributed by atoms with Crippen LogP contribution in [0.15, 0.2) is 61.0 Å². The fourth-order valence-electron chi connectivity index (χ4n) is 8.13. The first-order valence-electron chi connectivity index (χ1n) is 16.3. The lowest BCUT2D eigenvalue weighted by Gasteiger charge is -2.50. The summed E-state index contributed by atoms with van der Waals surface area (Å²) in [5, 5.41) is -0.136. The zero-order valence-corrected chi connectivity index (χ0v) is 28.4. The predicted molar refractivity (Wildman–Crippen MR) is 180 cm³/mol. The molecule has 1 spiro atoms. The Morgan fingerprint density at radius 1 is 1.22 bits per heavy atom. The van der Waals surface area contributed by atoms with E-state index in [2.05, 4.69) is 28.3 Å². The molecule has 10 heteroatoms. The van der Waals surface area contributed by atoms with Crippen molar-refractivity contribution < 1.29 is 27.1 Å². The number of aryl methyl sites for hydroxylation is 1. The number of hydrogen-bond acceptors (Lipinski definition) is 6. The van der Waals surface area contributed by atoms with Crippen LogP contribution in [0.5, 0.6) is 5.75 Å². The maximum atomic E-state index is 14.6. The van der Waals surface area contributed by atoms with E-state index in [-0.39, 0.29) is 35.2 Å². The number of rotatable bonds is 3. The minimum absolute atomic E-state index is 0.0121. The first-order chi connectivity index (χ1) is 21.9. The van der Waals surface area contributed by atoms with Crippen LogP contribution in [-0.2, 0) is 26.6 Å². The van der Waals surface area contributed by atoms with E-state index >= 15 is 0 Å². The van der Waals surface area contributed by atoms with E-state index in [0.29, 0.717) is 36.9 Å². The Labute approximate surface area is 277 Å². The Morgan fingerprint density at radius 2 is 2.02 bits per heavy atom. The third-order valence-corrected chi connectivity index (χ3v) is 13.2. The summed E-state index contributed by atoms with van der Waals surface area (Å²) in [6.07, 6.45) is 8.96. The van der Waals surface area contributed by atoms with E-state index in [1.165, 1.54) is 11.1 Å². The molecule has 2 bridgehead atoms. The largest absolute Gasteiger partial charge is 0.490 e. The number of sulfonamides is 1. The lowest BCUT2D eigenvalue weighted by molar-refractivity contribution is -0.0768. The second-order valence-electron chi connectivity index (χ2n) is 13.9. The standard InChI is InChI=1S/C36H44ClFN2O5S/c1-23-7-5-16-36(44-4,19-24(2)38)31-12-9-28(31)20-40-21-35(15-6-8-26-17-29(37)11-13-30(26)35)22-45-33-14-10-27(18-32(33)40)34(41)39-46(42,43)25(23)3/h5,10-11,13-14,16-18,23,25,28,31H,2,6-9,12,15,19-22H2,1,3-4H3,(H,39,41)/b16-5-/t23-,25+,28-,31+,35-,36-/m0/s1.